The monoisotopic (exact) mass is 327 g/mol. The largest absolute Gasteiger partial charge is 0.481 e. The average Bonchev–Trinajstić information content (AvgIpc) is 2.91. The van der Waals surface area contributed by atoms with Gasteiger partial charge < -0.3 is 5.11 Å². The third-order valence-electron chi connectivity index (χ3n) is 3.48. The van der Waals surface area contributed by atoms with Crippen LogP contribution in [0.1, 0.15) is 43.8 Å². The van der Waals surface area contributed by atoms with Gasteiger partial charge in [-0.05, 0) is 32.1 Å². The second-order valence-corrected chi connectivity index (χ2v) is 6.76. The van der Waals surface area contributed by atoms with Gasteiger partial charge in [0.05, 0.1) is 17.8 Å². The van der Waals surface area contributed by atoms with Crippen molar-refractivity contribution >= 4 is 29.5 Å². The van der Waals surface area contributed by atoms with E-state index in [9.17, 15) is 4.79 Å². The molecule has 2 rings (SSSR count). The number of hydrogen-bond acceptors (Lipinski definition) is 6. The summed E-state index contributed by atoms with van der Waals surface area (Å²) in [6, 6.07) is 0.243. The van der Waals surface area contributed by atoms with Gasteiger partial charge in [-0.25, -0.2) is 0 Å². The second kappa shape index (κ2) is 8.51. The number of unbranched alkanes of at least 4 members (excludes halogenated alkanes) is 2. The van der Waals surface area contributed by atoms with E-state index in [0.29, 0.717) is 0 Å². The van der Waals surface area contributed by atoms with Crippen LogP contribution in [0.25, 0.3) is 0 Å². The summed E-state index contributed by atoms with van der Waals surface area (Å²) in [5, 5.41) is 9.62. The van der Waals surface area contributed by atoms with E-state index in [2.05, 4.69) is 32.8 Å². The minimum Gasteiger partial charge on any atom is -0.481 e. The molecular weight excluding hydrogens is 306 g/mol. The molecule has 1 atom stereocenters. The Kier molecular flexibility index (Phi) is 6.66. The molecule has 0 aliphatic carbocycles. The number of carboxylic acids is 1. The highest BCUT2D eigenvalue weighted by molar-refractivity contribution is 7.99. The number of carbonyl (C=O) groups is 1. The topological polar surface area (TPSA) is 66.3 Å². The highest BCUT2D eigenvalue weighted by Gasteiger charge is 2.23. The van der Waals surface area contributed by atoms with Gasteiger partial charge in [-0.3, -0.25) is 9.69 Å². The van der Waals surface area contributed by atoms with Crippen LogP contribution in [0.2, 0.25) is 0 Å². The summed E-state index contributed by atoms with van der Waals surface area (Å²) in [5.41, 5.74) is 1.06. The third-order valence-corrected chi connectivity index (χ3v) is 5.20. The first-order chi connectivity index (χ1) is 10.2. The lowest BCUT2D eigenvalue weighted by Gasteiger charge is -2.27. The van der Waals surface area contributed by atoms with Crippen molar-refractivity contribution in [1.82, 2.24) is 13.6 Å². The highest BCUT2D eigenvalue weighted by atomic mass is 32.2. The summed E-state index contributed by atoms with van der Waals surface area (Å²) in [6.07, 6.45) is 8.51. The van der Waals surface area contributed by atoms with E-state index in [4.69, 9.17) is 5.11 Å². The molecule has 1 aliphatic rings. The zero-order valence-electron chi connectivity index (χ0n) is 12.2. The van der Waals surface area contributed by atoms with E-state index >= 15 is 0 Å². The maximum atomic E-state index is 10.4. The Labute approximate surface area is 133 Å². The van der Waals surface area contributed by atoms with Crippen molar-refractivity contribution in [2.24, 2.45) is 0 Å². The number of likely N-dealkylation sites (N-methyl/N-ethyl adjacent to an activating group) is 1. The summed E-state index contributed by atoms with van der Waals surface area (Å²) in [5.74, 6) is 0.263. The first-order valence-electron chi connectivity index (χ1n) is 7.22. The van der Waals surface area contributed by atoms with Crippen LogP contribution in [0.5, 0.6) is 0 Å². The second-order valence-electron chi connectivity index (χ2n) is 5.15. The Morgan fingerprint density at radius 1 is 1.48 bits per heavy atom. The molecule has 0 saturated heterocycles. The Hall–Kier alpha value is -0.920. The van der Waals surface area contributed by atoms with Gasteiger partial charge >= 0.3 is 5.97 Å². The van der Waals surface area contributed by atoms with Crippen LogP contribution in [0.4, 0.5) is 0 Å². The molecule has 0 spiro atoms. The quantitative estimate of drug-likeness (QED) is 0.449. The van der Waals surface area contributed by atoms with E-state index in [1.54, 1.807) is 11.8 Å². The number of carboxylic acid groups (broad SMARTS) is 1. The van der Waals surface area contributed by atoms with Gasteiger partial charge in [0.1, 0.15) is 10.7 Å². The fraction of sp³-hybridized carbons (Fsp3) is 0.643. The molecule has 0 fully saturated rings. The SMILES string of the molecule is CN1CCC=CC1c1nsnc1SCCCCCC(=O)O. The molecule has 1 aromatic heterocycles. The average molecular weight is 327 g/mol. The molecule has 1 N–H and O–H groups in total. The standard InChI is InChI=1S/C14H21N3O2S2/c1-17-9-5-4-7-11(17)13-14(16-21-15-13)20-10-6-2-3-8-12(18)19/h4,7,11H,2-3,5-6,8-10H2,1H3,(H,18,19). The summed E-state index contributed by atoms with van der Waals surface area (Å²) in [7, 11) is 2.12. The maximum absolute atomic E-state index is 10.4. The summed E-state index contributed by atoms with van der Waals surface area (Å²) < 4.78 is 8.88. The number of thioether (sulfide) groups is 1. The van der Waals surface area contributed by atoms with Gasteiger partial charge in [-0.2, -0.15) is 8.75 Å². The van der Waals surface area contributed by atoms with Crippen LogP contribution in [0.15, 0.2) is 17.2 Å². The highest BCUT2D eigenvalue weighted by Crippen LogP contribution is 2.31. The minimum atomic E-state index is -0.708. The molecule has 116 valence electrons. The summed E-state index contributed by atoms with van der Waals surface area (Å²) in [4.78, 5) is 12.7. The Morgan fingerprint density at radius 2 is 2.33 bits per heavy atom. The van der Waals surface area contributed by atoms with E-state index < -0.39 is 5.97 Å². The number of aliphatic carboxylic acids is 1. The van der Waals surface area contributed by atoms with Crippen molar-refractivity contribution < 1.29 is 9.90 Å². The summed E-state index contributed by atoms with van der Waals surface area (Å²) >= 11 is 3.01. The smallest absolute Gasteiger partial charge is 0.303 e. The predicted octanol–water partition coefficient (Wildman–Crippen LogP) is 3.21. The van der Waals surface area contributed by atoms with E-state index in [0.717, 1.165) is 48.7 Å². The van der Waals surface area contributed by atoms with Crippen LogP contribution in [-0.2, 0) is 4.79 Å². The molecule has 1 unspecified atom stereocenters. The Morgan fingerprint density at radius 3 is 3.10 bits per heavy atom. The Bertz CT molecular complexity index is 490. The van der Waals surface area contributed by atoms with Gasteiger partial charge in [0.2, 0.25) is 0 Å². The molecule has 0 saturated carbocycles. The van der Waals surface area contributed by atoms with Crippen molar-refractivity contribution in [3.8, 4) is 0 Å². The van der Waals surface area contributed by atoms with Gasteiger partial charge in [-0.15, -0.1) is 11.8 Å². The fourth-order valence-corrected chi connectivity index (χ4v) is 4.00. The van der Waals surface area contributed by atoms with Crippen molar-refractivity contribution in [3.05, 3.63) is 17.8 Å². The lowest BCUT2D eigenvalue weighted by Crippen LogP contribution is -2.27. The van der Waals surface area contributed by atoms with E-state index in [-0.39, 0.29) is 12.5 Å². The van der Waals surface area contributed by atoms with Gasteiger partial charge in [0, 0.05) is 13.0 Å². The molecule has 0 amide bonds. The normalized spacial score (nSPS) is 19.0. The fourth-order valence-electron chi connectivity index (χ4n) is 2.28. The van der Waals surface area contributed by atoms with Gasteiger partial charge in [0.15, 0.2) is 0 Å². The maximum Gasteiger partial charge on any atom is 0.303 e. The molecule has 1 aromatic rings. The molecule has 0 aromatic carbocycles. The van der Waals surface area contributed by atoms with E-state index in [1.165, 1.54) is 11.7 Å². The van der Waals surface area contributed by atoms with Crippen molar-refractivity contribution in [3.63, 3.8) is 0 Å². The van der Waals surface area contributed by atoms with E-state index in [1.807, 2.05) is 0 Å². The van der Waals surface area contributed by atoms with Crippen LogP contribution >= 0.6 is 23.5 Å². The molecule has 0 bridgehead atoms. The van der Waals surface area contributed by atoms with Crippen LogP contribution in [0.3, 0.4) is 0 Å². The minimum absolute atomic E-state index is 0.243. The van der Waals surface area contributed by atoms with Crippen LogP contribution < -0.4 is 0 Å². The summed E-state index contributed by atoms with van der Waals surface area (Å²) in [6.45, 7) is 1.05. The molecule has 2 heterocycles. The van der Waals surface area contributed by atoms with Crippen molar-refractivity contribution in [2.45, 2.75) is 43.2 Å². The molecular formula is C14H21N3O2S2. The van der Waals surface area contributed by atoms with Crippen molar-refractivity contribution in [2.75, 3.05) is 19.3 Å². The van der Waals surface area contributed by atoms with Gasteiger partial charge in [0.25, 0.3) is 0 Å². The molecule has 5 nitrogen and oxygen atoms in total. The van der Waals surface area contributed by atoms with Gasteiger partial charge in [-0.1, -0.05) is 18.6 Å². The molecule has 7 heteroatoms. The molecule has 21 heavy (non-hydrogen) atoms. The Balaban J connectivity index is 1.79. The lowest BCUT2D eigenvalue weighted by atomic mass is 10.1. The van der Waals surface area contributed by atoms with Crippen LogP contribution in [-0.4, -0.2) is 44.1 Å². The zero-order valence-corrected chi connectivity index (χ0v) is 13.8. The predicted molar refractivity (Wildman–Crippen MR) is 85.9 cm³/mol. The van der Waals surface area contributed by atoms with Crippen LogP contribution in [0, 0.1) is 0 Å². The first-order valence-corrected chi connectivity index (χ1v) is 8.94. The third kappa shape index (κ3) is 5.09. The zero-order chi connectivity index (χ0) is 15.1. The van der Waals surface area contributed by atoms with Crippen molar-refractivity contribution in [1.29, 1.82) is 0 Å². The molecule has 1 aliphatic heterocycles. The number of aromatic nitrogens is 2. The number of nitrogens with zero attached hydrogens (tertiary/aromatic N) is 3. The molecule has 0 radical (unpaired) electrons. The number of hydrogen-bond donors (Lipinski definition) is 1. The lowest BCUT2D eigenvalue weighted by molar-refractivity contribution is -0.137. The first kappa shape index (κ1) is 16.5. The number of rotatable bonds is 8.